The van der Waals surface area contributed by atoms with Crippen LogP contribution in [0.4, 0.5) is 0 Å². The lowest BCUT2D eigenvalue weighted by molar-refractivity contribution is -0.136. The molecule has 0 aliphatic heterocycles. The fraction of sp³-hybridized carbons (Fsp3) is 0.957. The van der Waals surface area contributed by atoms with E-state index in [9.17, 15) is 4.79 Å². The molecule has 2 heteroatoms. The summed E-state index contributed by atoms with van der Waals surface area (Å²) in [6.07, 6.45) is 21.9. The molecule has 0 aromatic carbocycles. The molecule has 0 unspecified atom stereocenters. The first kappa shape index (κ1) is 22.5. The fourth-order valence-electron chi connectivity index (χ4n) is 4.11. The van der Waals surface area contributed by atoms with Crippen LogP contribution in [0.15, 0.2) is 0 Å². The van der Waals surface area contributed by atoms with Gasteiger partial charge < -0.3 is 4.90 Å². The monoisotopic (exact) mass is 351 g/mol. The van der Waals surface area contributed by atoms with E-state index in [1.807, 2.05) is 0 Å². The third kappa shape index (κ3) is 10.9. The van der Waals surface area contributed by atoms with Crippen molar-refractivity contribution in [3.8, 4) is 0 Å². The molecule has 0 spiro atoms. The van der Waals surface area contributed by atoms with E-state index in [2.05, 4.69) is 18.7 Å². The summed E-state index contributed by atoms with van der Waals surface area (Å²) in [5.41, 5.74) is 0. The zero-order chi connectivity index (χ0) is 18.2. The number of nitrogens with zero attached hydrogens (tertiary/aromatic N) is 1. The van der Waals surface area contributed by atoms with Gasteiger partial charge in [0, 0.05) is 19.0 Å². The van der Waals surface area contributed by atoms with Gasteiger partial charge in [0.1, 0.15) is 0 Å². The van der Waals surface area contributed by atoms with E-state index in [4.69, 9.17) is 0 Å². The molecule has 148 valence electrons. The van der Waals surface area contributed by atoms with Crippen LogP contribution >= 0.6 is 0 Å². The fourth-order valence-corrected chi connectivity index (χ4v) is 4.11. The van der Waals surface area contributed by atoms with Crippen LogP contribution in [-0.4, -0.2) is 23.9 Å². The molecule has 0 N–H and O–H groups in total. The lowest BCUT2D eigenvalue weighted by atomic mass is 9.88. The molecule has 2 nitrogen and oxygen atoms in total. The van der Waals surface area contributed by atoms with Gasteiger partial charge in [-0.2, -0.15) is 0 Å². The highest BCUT2D eigenvalue weighted by molar-refractivity contribution is 5.78. The number of rotatable bonds is 15. The SMILES string of the molecule is CCCCCCCCN(CCCCCCCC)C(=O)C1CCCCC1. The number of unbranched alkanes of at least 4 members (excludes halogenated alkanes) is 10. The van der Waals surface area contributed by atoms with Crippen molar-refractivity contribution in [2.75, 3.05) is 13.1 Å². The van der Waals surface area contributed by atoms with Gasteiger partial charge in [-0.15, -0.1) is 0 Å². The smallest absolute Gasteiger partial charge is 0.225 e. The summed E-state index contributed by atoms with van der Waals surface area (Å²) in [5.74, 6) is 0.829. The van der Waals surface area contributed by atoms with Crippen molar-refractivity contribution in [1.29, 1.82) is 0 Å². The zero-order valence-electron chi connectivity index (χ0n) is 17.4. The van der Waals surface area contributed by atoms with Crippen LogP contribution in [0.3, 0.4) is 0 Å². The van der Waals surface area contributed by atoms with E-state index in [0.717, 1.165) is 25.9 Å². The Labute approximate surface area is 158 Å². The Morgan fingerprint density at radius 3 is 1.60 bits per heavy atom. The zero-order valence-corrected chi connectivity index (χ0v) is 17.4. The second kappa shape index (κ2) is 15.7. The third-order valence-corrected chi connectivity index (χ3v) is 5.83. The van der Waals surface area contributed by atoms with E-state index in [-0.39, 0.29) is 0 Å². The van der Waals surface area contributed by atoms with Crippen molar-refractivity contribution in [3.63, 3.8) is 0 Å². The van der Waals surface area contributed by atoms with Crippen molar-refractivity contribution in [3.05, 3.63) is 0 Å². The topological polar surface area (TPSA) is 20.3 Å². The van der Waals surface area contributed by atoms with Crippen LogP contribution < -0.4 is 0 Å². The summed E-state index contributed by atoms with van der Waals surface area (Å²) < 4.78 is 0. The molecule has 0 saturated heterocycles. The van der Waals surface area contributed by atoms with Crippen LogP contribution in [0.1, 0.15) is 123 Å². The second-order valence-electron chi connectivity index (χ2n) is 8.20. The standard InChI is InChI=1S/C23H45NO/c1-3-5-7-9-11-16-20-24(21-17-12-10-8-6-4-2)23(25)22-18-14-13-15-19-22/h22H,3-21H2,1-2H3. The van der Waals surface area contributed by atoms with Crippen molar-refractivity contribution >= 4 is 5.91 Å². The van der Waals surface area contributed by atoms with Gasteiger partial charge >= 0.3 is 0 Å². The molecule has 25 heavy (non-hydrogen) atoms. The van der Waals surface area contributed by atoms with Gasteiger partial charge in [0.05, 0.1) is 0 Å². The van der Waals surface area contributed by atoms with E-state index >= 15 is 0 Å². The van der Waals surface area contributed by atoms with Gasteiger partial charge in [-0.3, -0.25) is 4.79 Å². The molecule has 0 aromatic rings. The molecule has 1 aliphatic rings. The maximum absolute atomic E-state index is 13.0. The average molecular weight is 352 g/mol. The molecular formula is C23H45NO. The molecule has 1 aliphatic carbocycles. The first-order chi connectivity index (χ1) is 12.3. The molecule has 0 aromatic heterocycles. The Balaban J connectivity index is 2.30. The summed E-state index contributed by atoms with van der Waals surface area (Å²) in [5, 5.41) is 0. The van der Waals surface area contributed by atoms with Crippen LogP contribution in [0.25, 0.3) is 0 Å². The molecule has 0 radical (unpaired) electrons. The molecule has 1 amide bonds. The number of carbonyl (C=O) groups excluding carboxylic acids is 1. The quantitative estimate of drug-likeness (QED) is 0.288. The first-order valence-electron chi connectivity index (χ1n) is 11.6. The molecule has 0 atom stereocenters. The van der Waals surface area contributed by atoms with E-state index in [0.29, 0.717) is 11.8 Å². The van der Waals surface area contributed by atoms with E-state index < -0.39 is 0 Å². The third-order valence-electron chi connectivity index (χ3n) is 5.83. The van der Waals surface area contributed by atoms with Crippen LogP contribution in [0.2, 0.25) is 0 Å². The van der Waals surface area contributed by atoms with Crippen LogP contribution in [0, 0.1) is 5.92 Å². The summed E-state index contributed by atoms with van der Waals surface area (Å²) in [4.78, 5) is 15.2. The Hall–Kier alpha value is -0.530. The Kier molecular flexibility index (Phi) is 14.1. The number of carbonyl (C=O) groups is 1. The van der Waals surface area contributed by atoms with Gasteiger partial charge in [-0.05, 0) is 25.7 Å². The van der Waals surface area contributed by atoms with Crippen molar-refractivity contribution in [2.24, 2.45) is 5.92 Å². The lowest BCUT2D eigenvalue weighted by Crippen LogP contribution is -2.38. The highest BCUT2D eigenvalue weighted by Gasteiger charge is 2.25. The minimum atomic E-state index is 0.342. The van der Waals surface area contributed by atoms with Gasteiger partial charge in [-0.25, -0.2) is 0 Å². The molecule has 1 fully saturated rings. The minimum absolute atomic E-state index is 0.342. The summed E-state index contributed by atoms with van der Waals surface area (Å²) in [6, 6.07) is 0. The predicted molar refractivity (Wildman–Crippen MR) is 110 cm³/mol. The summed E-state index contributed by atoms with van der Waals surface area (Å²) in [6.45, 7) is 6.56. The van der Waals surface area contributed by atoms with E-state index in [1.54, 1.807) is 0 Å². The van der Waals surface area contributed by atoms with Crippen molar-refractivity contribution in [1.82, 2.24) is 4.90 Å². The maximum atomic E-state index is 13.0. The molecule has 1 saturated carbocycles. The van der Waals surface area contributed by atoms with Gasteiger partial charge in [0.25, 0.3) is 0 Å². The second-order valence-corrected chi connectivity index (χ2v) is 8.20. The van der Waals surface area contributed by atoms with Gasteiger partial charge in [-0.1, -0.05) is 97.3 Å². The van der Waals surface area contributed by atoms with E-state index in [1.165, 1.54) is 96.3 Å². The predicted octanol–water partition coefficient (Wildman–Crippen LogP) is 7.12. The lowest BCUT2D eigenvalue weighted by Gasteiger charge is -2.29. The Morgan fingerprint density at radius 2 is 1.12 bits per heavy atom. The van der Waals surface area contributed by atoms with Crippen LogP contribution in [0.5, 0.6) is 0 Å². The molecule has 1 rings (SSSR count). The highest BCUT2D eigenvalue weighted by atomic mass is 16.2. The van der Waals surface area contributed by atoms with Crippen LogP contribution in [-0.2, 0) is 4.79 Å². The van der Waals surface area contributed by atoms with Gasteiger partial charge in [0.15, 0.2) is 0 Å². The largest absolute Gasteiger partial charge is 0.342 e. The molecular weight excluding hydrogens is 306 g/mol. The average Bonchev–Trinajstić information content (AvgIpc) is 2.65. The first-order valence-corrected chi connectivity index (χ1v) is 11.6. The maximum Gasteiger partial charge on any atom is 0.225 e. The Morgan fingerprint density at radius 1 is 0.680 bits per heavy atom. The summed E-state index contributed by atoms with van der Waals surface area (Å²) >= 11 is 0. The number of hydrogen-bond donors (Lipinski definition) is 0. The summed E-state index contributed by atoms with van der Waals surface area (Å²) in [7, 11) is 0. The normalized spacial score (nSPS) is 15.4. The number of hydrogen-bond acceptors (Lipinski definition) is 1. The minimum Gasteiger partial charge on any atom is -0.342 e. The highest BCUT2D eigenvalue weighted by Crippen LogP contribution is 2.26. The molecule has 0 bridgehead atoms. The van der Waals surface area contributed by atoms with Gasteiger partial charge in [0.2, 0.25) is 5.91 Å². The van der Waals surface area contributed by atoms with Crippen molar-refractivity contribution in [2.45, 2.75) is 123 Å². The number of amides is 1. The Bertz CT molecular complexity index is 293. The van der Waals surface area contributed by atoms with Crippen molar-refractivity contribution < 1.29 is 4.79 Å². The molecule has 0 heterocycles.